The zero-order chi connectivity index (χ0) is 16.1. The molecule has 0 aromatic carbocycles. The van der Waals surface area contributed by atoms with Crippen LogP contribution in [0.2, 0.25) is 0 Å². The van der Waals surface area contributed by atoms with Gasteiger partial charge in [-0.3, -0.25) is 4.79 Å². The van der Waals surface area contributed by atoms with Gasteiger partial charge in [0.15, 0.2) is 0 Å². The maximum absolute atomic E-state index is 12.8. The van der Waals surface area contributed by atoms with Gasteiger partial charge < -0.3 is 10.2 Å². The molecule has 1 aliphatic rings. The van der Waals surface area contributed by atoms with Crippen LogP contribution >= 0.6 is 11.3 Å². The summed E-state index contributed by atoms with van der Waals surface area (Å²) < 4.78 is 0. The summed E-state index contributed by atoms with van der Waals surface area (Å²) in [6, 6.07) is 0. The van der Waals surface area contributed by atoms with Gasteiger partial charge in [0.1, 0.15) is 4.88 Å². The van der Waals surface area contributed by atoms with E-state index in [-0.39, 0.29) is 5.91 Å². The highest BCUT2D eigenvalue weighted by molar-refractivity contribution is 7.13. The average Bonchev–Trinajstić information content (AvgIpc) is 2.84. The Morgan fingerprint density at radius 3 is 2.68 bits per heavy atom. The van der Waals surface area contributed by atoms with Gasteiger partial charge in [-0.05, 0) is 51.1 Å². The highest BCUT2D eigenvalue weighted by atomic mass is 32.1. The topological polar surface area (TPSA) is 45.2 Å². The summed E-state index contributed by atoms with van der Waals surface area (Å²) in [7, 11) is 0. The van der Waals surface area contributed by atoms with Crippen LogP contribution in [0.4, 0.5) is 0 Å². The second-order valence-electron chi connectivity index (χ2n) is 6.65. The Bertz CT molecular complexity index is 490. The van der Waals surface area contributed by atoms with Gasteiger partial charge in [0.25, 0.3) is 5.91 Å². The molecule has 5 heteroatoms. The van der Waals surface area contributed by atoms with Crippen molar-refractivity contribution >= 4 is 17.2 Å². The van der Waals surface area contributed by atoms with Gasteiger partial charge in [0.2, 0.25) is 0 Å². The maximum atomic E-state index is 12.8. The van der Waals surface area contributed by atoms with Crippen molar-refractivity contribution in [3.8, 4) is 0 Å². The first-order valence-electron chi connectivity index (χ1n) is 8.47. The van der Waals surface area contributed by atoms with Gasteiger partial charge in [0.05, 0.1) is 10.7 Å². The van der Waals surface area contributed by atoms with E-state index in [1.54, 1.807) is 11.3 Å². The van der Waals surface area contributed by atoms with Gasteiger partial charge in [0, 0.05) is 13.1 Å². The Labute approximate surface area is 138 Å². The lowest BCUT2D eigenvalue weighted by Gasteiger charge is -2.32. The third-order valence-corrected chi connectivity index (χ3v) is 5.19. The Hall–Kier alpha value is -0.940. The van der Waals surface area contributed by atoms with Crippen LogP contribution in [0.1, 0.15) is 54.0 Å². The van der Waals surface area contributed by atoms with Crippen LogP contribution in [-0.2, 0) is 6.42 Å². The van der Waals surface area contributed by atoms with Crippen LogP contribution in [0.5, 0.6) is 0 Å². The molecular formula is C17H29N3OS. The van der Waals surface area contributed by atoms with E-state index in [0.29, 0.717) is 11.8 Å². The molecule has 22 heavy (non-hydrogen) atoms. The number of rotatable bonds is 6. The van der Waals surface area contributed by atoms with E-state index in [0.717, 1.165) is 61.0 Å². The minimum absolute atomic E-state index is 0.197. The zero-order valence-electron chi connectivity index (χ0n) is 14.3. The summed E-state index contributed by atoms with van der Waals surface area (Å²) in [5.41, 5.74) is 0.997. The van der Waals surface area contributed by atoms with E-state index in [1.807, 2.05) is 11.8 Å². The molecule has 1 aliphatic heterocycles. The van der Waals surface area contributed by atoms with Gasteiger partial charge in [-0.1, -0.05) is 20.8 Å². The normalized spacial score (nSPS) is 16.5. The van der Waals surface area contributed by atoms with Crippen molar-refractivity contribution < 1.29 is 4.79 Å². The number of carbonyl (C=O) groups excluding carboxylic acids is 1. The predicted octanol–water partition coefficient (Wildman–Crippen LogP) is 3.11. The Morgan fingerprint density at radius 1 is 1.41 bits per heavy atom. The lowest BCUT2D eigenvalue weighted by Crippen LogP contribution is -2.40. The number of carbonyl (C=O) groups is 1. The lowest BCUT2D eigenvalue weighted by molar-refractivity contribution is 0.0693. The van der Waals surface area contributed by atoms with Crippen molar-refractivity contribution in [3.63, 3.8) is 0 Å². The largest absolute Gasteiger partial charge is 0.338 e. The summed E-state index contributed by atoms with van der Waals surface area (Å²) in [6.45, 7) is 12.4. The number of likely N-dealkylation sites (tertiary alicyclic amines) is 1. The number of nitrogens with zero attached hydrogens (tertiary/aromatic N) is 2. The van der Waals surface area contributed by atoms with Crippen molar-refractivity contribution in [3.05, 3.63) is 15.6 Å². The molecule has 2 heterocycles. The van der Waals surface area contributed by atoms with Crippen molar-refractivity contribution in [2.75, 3.05) is 26.2 Å². The molecule has 0 atom stereocenters. The SMILES string of the molecule is CCNCC1CCN(C(=O)c2sc(C)nc2CC(C)C)CC1. The molecule has 0 aliphatic carbocycles. The summed E-state index contributed by atoms with van der Waals surface area (Å²) in [5, 5.41) is 4.42. The molecule has 1 saturated heterocycles. The predicted molar refractivity (Wildman–Crippen MR) is 92.6 cm³/mol. The molecule has 0 spiro atoms. The summed E-state index contributed by atoms with van der Waals surface area (Å²) in [4.78, 5) is 20.3. The first kappa shape index (κ1) is 17.4. The van der Waals surface area contributed by atoms with Crippen LogP contribution < -0.4 is 5.32 Å². The average molecular weight is 324 g/mol. The van der Waals surface area contributed by atoms with E-state index in [4.69, 9.17) is 0 Å². The number of amides is 1. The quantitative estimate of drug-likeness (QED) is 0.875. The molecule has 1 N–H and O–H groups in total. The lowest BCUT2D eigenvalue weighted by atomic mass is 9.96. The Balaban J connectivity index is 1.98. The number of piperidine rings is 1. The summed E-state index contributed by atoms with van der Waals surface area (Å²) in [5.74, 6) is 1.43. The standard InChI is InChI=1S/C17H29N3OS/c1-5-18-11-14-6-8-20(9-7-14)17(21)16-15(10-12(2)3)19-13(4)22-16/h12,14,18H,5-11H2,1-4H3. The first-order chi connectivity index (χ1) is 10.5. The smallest absolute Gasteiger partial charge is 0.265 e. The maximum Gasteiger partial charge on any atom is 0.265 e. The first-order valence-corrected chi connectivity index (χ1v) is 9.29. The molecule has 0 unspecified atom stereocenters. The number of hydrogen-bond donors (Lipinski definition) is 1. The van der Waals surface area contributed by atoms with E-state index in [9.17, 15) is 4.79 Å². The molecule has 0 radical (unpaired) electrons. The molecule has 2 rings (SSSR count). The van der Waals surface area contributed by atoms with Crippen molar-refractivity contribution in [2.45, 2.75) is 47.0 Å². The van der Waals surface area contributed by atoms with Crippen LogP contribution in [0, 0.1) is 18.8 Å². The molecule has 4 nitrogen and oxygen atoms in total. The third kappa shape index (κ3) is 4.53. The highest BCUT2D eigenvalue weighted by Gasteiger charge is 2.26. The minimum atomic E-state index is 0.197. The van der Waals surface area contributed by atoms with Gasteiger partial charge in [-0.2, -0.15) is 0 Å². The molecule has 1 amide bonds. The molecule has 1 aromatic heterocycles. The van der Waals surface area contributed by atoms with Crippen molar-refractivity contribution in [1.29, 1.82) is 0 Å². The van der Waals surface area contributed by atoms with E-state index in [1.165, 1.54) is 0 Å². The van der Waals surface area contributed by atoms with Gasteiger partial charge in [-0.15, -0.1) is 11.3 Å². The fraction of sp³-hybridized carbons (Fsp3) is 0.765. The highest BCUT2D eigenvalue weighted by Crippen LogP contribution is 2.25. The van der Waals surface area contributed by atoms with E-state index >= 15 is 0 Å². The van der Waals surface area contributed by atoms with E-state index in [2.05, 4.69) is 31.1 Å². The number of hydrogen-bond acceptors (Lipinski definition) is 4. The van der Waals surface area contributed by atoms with Crippen LogP contribution in [-0.4, -0.2) is 42.0 Å². The van der Waals surface area contributed by atoms with Gasteiger partial charge in [-0.25, -0.2) is 4.98 Å². The number of thiazole rings is 1. The Morgan fingerprint density at radius 2 is 2.09 bits per heavy atom. The number of aromatic nitrogens is 1. The number of aryl methyl sites for hydroxylation is 1. The molecule has 1 fully saturated rings. The van der Waals surface area contributed by atoms with E-state index < -0.39 is 0 Å². The monoisotopic (exact) mass is 323 g/mol. The zero-order valence-corrected chi connectivity index (χ0v) is 15.1. The second kappa shape index (κ2) is 8.06. The van der Waals surface area contributed by atoms with Crippen LogP contribution in [0.15, 0.2) is 0 Å². The van der Waals surface area contributed by atoms with Crippen molar-refractivity contribution in [2.24, 2.45) is 11.8 Å². The molecule has 0 bridgehead atoms. The molecule has 124 valence electrons. The fourth-order valence-corrected chi connectivity index (χ4v) is 3.91. The number of nitrogens with one attached hydrogen (secondary N) is 1. The summed E-state index contributed by atoms with van der Waals surface area (Å²) >= 11 is 1.56. The minimum Gasteiger partial charge on any atom is -0.338 e. The fourth-order valence-electron chi connectivity index (χ4n) is 2.99. The molecule has 1 aromatic rings. The van der Waals surface area contributed by atoms with Crippen LogP contribution in [0.3, 0.4) is 0 Å². The Kier molecular flexibility index (Phi) is 6.38. The molecular weight excluding hydrogens is 294 g/mol. The van der Waals surface area contributed by atoms with Crippen LogP contribution in [0.25, 0.3) is 0 Å². The second-order valence-corrected chi connectivity index (χ2v) is 7.85. The third-order valence-electron chi connectivity index (χ3n) is 4.18. The summed E-state index contributed by atoms with van der Waals surface area (Å²) in [6.07, 6.45) is 3.11. The van der Waals surface area contributed by atoms with Gasteiger partial charge >= 0.3 is 0 Å². The van der Waals surface area contributed by atoms with Crippen molar-refractivity contribution in [1.82, 2.24) is 15.2 Å². The molecule has 0 saturated carbocycles.